The molecule has 0 saturated heterocycles. The number of benzene rings is 2. The van der Waals surface area contributed by atoms with Crippen LogP contribution in [0.15, 0.2) is 47.4 Å². The lowest BCUT2D eigenvalue weighted by molar-refractivity contribution is 0.0951. The molecule has 1 amide bonds. The van der Waals surface area contributed by atoms with E-state index in [9.17, 15) is 13.2 Å². The van der Waals surface area contributed by atoms with E-state index < -0.39 is 10.0 Å². The Morgan fingerprint density at radius 3 is 2.25 bits per heavy atom. The lowest BCUT2D eigenvalue weighted by Crippen LogP contribution is -2.25. The second-order valence-corrected chi connectivity index (χ2v) is 7.86. The molecule has 0 radical (unpaired) electrons. The van der Waals surface area contributed by atoms with Crippen LogP contribution >= 0.6 is 0 Å². The molecule has 0 atom stereocenters. The van der Waals surface area contributed by atoms with E-state index in [0.717, 1.165) is 24.0 Å². The van der Waals surface area contributed by atoms with Gasteiger partial charge in [0.15, 0.2) is 0 Å². The highest BCUT2D eigenvalue weighted by molar-refractivity contribution is 7.92. The molecule has 2 aromatic carbocycles. The molecule has 1 aliphatic rings. The highest BCUT2D eigenvalue weighted by Gasteiger charge is 2.24. The third kappa shape index (κ3) is 3.76. The lowest BCUT2D eigenvalue weighted by Gasteiger charge is -2.10. The Kier molecular flexibility index (Phi) is 4.32. The van der Waals surface area contributed by atoms with Gasteiger partial charge in [0.05, 0.1) is 4.90 Å². The quantitative estimate of drug-likeness (QED) is 0.875. The molecule has 1 fully saturated rings. The Morgan fingerprint density at radius 1 is 1.00 bits per heavy atom. The summed E-state index contributed by atoms with van der Waals surface area (Å²) in [5.74, 6) is -0.163. The molecule has 0 bridgehead atoms. The van der Waals surface area contributed by atoms with Crippen LogP contribution < -0.4 is 10.0 Å². The number of aryl methyl sites for hydroxylation is 2. The van der Waals surface area contributed by atoms with Gasteiger partial charge >= 0.3 is 0 Å². The summed E-state index contributed by atoms with van der Waals surface area (Å²) < 4.78 is 27.5. The van der Waals surface area contributed by atoms with Crippen LogP contribution in [0.5, 0.6) is 0 Å². The summed E-state index contributed by atoms with van der Waals surface area (Å²) in [5.41, 5.74) is 3.10. The average molecular weight is 344 g/mol. The number of sulfonamides is 1. The van der Waals surface area contributed by atoms with Gasteiger partial charge in [-0.05, 0) is 74.2 Å². The van der Waals surface area contributed by atoms with E-state index in [1.807, 2.05) is 19.9 Å². The van der Waals surface area contributed by atoms with Gasteiger partial charge in [0.25, 0.3) is 15.9 Å². The van der Waals surface area contributed by atoms with E-state index in [1.165, 1.54) is 24.3 Å². The van der Waals surface area contributed by atoms with Gasteiger partial charge in [-0.15, -0.1) is 0 Å². The first-order chi connectivity index (χ1) is 11.3. The molecule has 0 unspecified atom stereocenters. The molecular weight excluding hydrogens is 324 g/mol. The number of hydrogen-bond acceptors (Lipinski definition) is 3. The zero-order valence-electron chi connectivity index (χ0n) is 13.7. The second-order valence-electron chi connectivity index (χ2n) is 6.18. The number of rotatable bonds is 5. The van der Waals surface area contributed by atoms with Gasteiger partial charge in [-0.2, -0.15) is 0 Å². The predicted octanol–water partition coefficient (Wildman–Crippen LogP) is 3.00. The van der Waals surface area contributed by atoms with Crippen molar-refractivity contribution >= 4 is 21.6 Å². The van der Waals surface area contributed by atoms with Gasteiger partial charge < -0.3 is 5.32 Å². The maximum absolute atomic E-state index is 12.5. The van der Waals surface area contributed by atoms with Crippen molar-refractivity contribution in [3.63, 3.8) is 0 Å². The SMILES string of the molecule is Cc1ccc(NS(=O)(=O)c2ccc(C(=O)NC3CC3)cc2)cc1C. The summed E-state index contributed by atoms with van der Waals surface area (Å²) in [4.78, 5) is 12.1. The first-order valence-corrected chi connectivity index (χ1v) is 9.34. The van der Waals surface area contributed by atoms with Crippen molar-refractivity contribution in [1.82, 2.24) is 5.32 Å². The van der Waals surface area contributed by atoms with Gasteiger partial charge in [-0.25, -0.2) is 8.42 Å². The summed E-state index contributed by atoms with van der Waals surface area (Å²) >= 11 is 0. The molecule has 0 heterocycles. The van der Waals surface area contributed by atoms with Crippen molar-refractivity contribution in [3.05, 3.63) is 59.2 Å². The normalized spacial score (nSPS) is 14.2. The molecule has 0 aliphatic heterocycles. The van der Waals surface area contributed by atoms with E-state index in [2.05, 4.69) is 10.0 Å². The van der Waals surface area contributed by atoms with E-state index >= 15 is 0 Å². The van der Waals surface area contributed by atoms with Crippen LogP contribution in [0.1, 0.15) is 34.3 Å². The van der Waals surface area contributed by atoms with Crippen LogP contribution in [0, 0.1) is 13.8 Å². The third-order valence-corrected chi connectivity index (χ3v) is 5.50. The minimum atomic E-state index is -3.68. The van der Waals surface area contributed by atoms with Crippen LogP contribution in [-0.2, 0) is 10.0 Å². The molecule has 24 heavy (non-hydrogen) atoms. The second kappa shape index (κ2) is 6.28. The highest BCUT2D eigenvalue weighted by atomic mass is 32.2. The van der Waals surface area contributed by atoms with Crippen LogP contribution in [0.2, 0.25) is 0 Å². The molecule has 0 aromatic heterocycles. The van der Waals surface area contributed by atoms with E-state index in [0.29, 0.717) is 11.3 Å². The van der Waals surface area contributed by atoms with Crippen LogP contribution in [-0.4, -0.2) is 20.4 Å². The third-order valence-electron chi connectivity index (χ3n) is 4.10. The monoisotopic (exact) mass is 344 g/mol. The predicted molar refractivity (Wildman–Crippen MR) is 93.7 cm³/mol. The zero-order valence-corrected chi connectivity index (χ0v) is 14.5. The molecule has 0 spiro atoms. The summed E-state index contributed by atoms with van der Waals surface area (Å²) in [6.07, 6.45) is 2.02. The molecular formula is C18H20N2O3S. The summed E-state index contributed by atoms with van der Waals surface area (Å²) in [6, 6.07) is 11.6. The first kappa shape index (κ1) is 16.5. The van der Waals surface area contributed by atoms with Crippen LogP contribution in [0.4, 0.5) is 5.69 Å². The Bertz CT molecular complexity index is 870. The summed E-state index contributed by atoms with van der Waals surface area (Å²) in [5, 5.41) is 2.88. The van der Waals surface area contributed by atoms with Crippen molar-refractivity contribution in [3.8, 4) is 0 Å². The summed E-state index contributed by atoms with van der Waals surface area (Å²) in [7, 11) is -3.68. The van der Waals surface area contributed by atoms with E-state index in [1.54, 1.807) is 12.1 Å². The Hall–Kier alpha value is -2.34. The fourth-order valence-corrected chi connectivity index (χ4v) is 3.35. The fourth-order valence-electron chi connectivity index (χ4n) is 2.30. The molecule has 1 aliphatic carbocycles. The first-order valence-electron chi connectivity index (χ1n) is 7.86. The molecule has 1 saturated carbocycles. The van der Waals surface area contributed by atoms with Gasteiger partial charge in [0.1, 0.15) is 0 Å². The maximum Gasteiger partial charge on any atom is 0.261 e. The lowest BCUT2D eigenvalue weighted by atomic mass is 10.1. The molecule has 5 nitrogen and oxygen atoms in total. The molecule has 126 valence electrons. The number of carbonyl (C=O) groups is 1. The van der Waals surface area contributed by atoms with Crippen molar-refractivity contribution in [2.24, 2.45) is 0 Å². The minimum Gasteiger partial charge on any atom is -0.349 e. The number of amides is 1. The number of carbonyl (C=O) groups excluding carboxylic acids is 1. The van der Waals surface area contributed by atoms with Gasteiger partial charge in [0, 0.05) is 17.3 Å². The van der Waals surface area contributed by atoms with Crippen molar-refractivity contribution < 1.29 is 13.2 Å². The average Bonchev–Trinajstić information content (AvgIpc) is 3.35. The number of nitrogens with one attached hydrogen (secondary N) is 2. The number of hydrogen-bond donors (Lipinski definition) is 2. The zero-order chi connectivity index (χ0) is 17.3. The van der Waals surface area contributed by atoms with E-state index in [-0.39, 0.29) is 16.8 Å². The molecule has 2 N–H and O–H groups in total. The number of anilines is 1. The Labute approximate surface area is 142 Å². The van der Waals surface area contributed by atoms with Crippen molar-refractivity contribution in [1.29, 1.82) is 0 Å². The smallest absolute Gasteiger partial charge is 0.261 e. The van der Waals surface area contributed by atoms with E-state index in [4.69, 9.17) is 0 Å². The Morgan fingerprint density at radius 2 is 1.67 bits per heavy atom. The van der Waals surface area contributed by atoms with Gasteiger partial charge in [-0.1, -0.05) is 6.07 Å². The van der Waals surface area contributed by atoms with Gasteiger partial charge in [-0.3, -0.25) is 9.52 Å². The Balaban J connectivity index is 1.76. The van der Waals surface area contributed by atoms with Gasteiger partial charge in [0.2, 0.25) is 0 Å². The topological polar surface area (TPSA) is 75.3 Å². The van der Waals surface area contributed by atoms with Crippen molar-refractivity contribution in [2.45, 2.75) is 37.6 Å². The van der Waals surface area contributed by atoms with Crippen molar-refractivity contribution in [2.75, 3.05) is 4.72 Å². The molecule has 2 aromatic rings. The molecule has 6 heteroatoms. The largest absolute Gasteiger partial charge is 0.349 e. The fraction of sp³-hybridized carbons (Fsp3) is 0.278. The minimum absolute atomic E-state index is 0.128. The van der Waals surface area contributed by atoms with Crippen LogP contribution in [0.25, 0.3) is 0 Å². The van der Waals surface area contributed by atoms with Crippen LogP contribution in [0.3, 0.4) is 0 Å². The maximum atomic E-state index is 12.5. The standard InChI is InChI=1S/C18H20N2O3S/c1-12-3-6-16(11-13(12)2)20-24(22,23)17-9-4-14(5-10-17)18(21)19-15-7-8-15/h3-6,9-11,15,20H,7-8H2,1-2H3,(H,19,21). The highest BCUT2D eigenvalue weighted by Crippen LogP contribution is 2.21. The summed E-state index contributed by atoms with van der Waals surface area (Å²) in [6.45, 7) is 3.90. The molecule has 3 rings (SSSR count).